The van der Waals surface area contributed by atoms with E-state index in [4.69, 9.17) is 0 Å². The van der Waals surface area contributed by atoms with E-state index in [1.54, 1.807) is 24.5 Å². The Balaban J connectivity index is 2.03. The van der Waals surface area contributed by atoms with Gasteiger partial charge in [0.2, 0.25) is 0 Å². The average Bonchev–Trinajstić information content (AvgIpc) is 2.93. The molecule has 1 aliphatic rings. The van der Waals surface area contributed by atoms with Crippen molar-refractivity contribution in [1.29, 1.82) is 0 Å². The normalized spacial score (nSPS) is 16.0. The number of aromatic amines is 1. The summed E-state index contributed by atoms with van der Waals surface area (Å²) in [6, 6.07) is 3.34. The summed E-state index contributed by atoms with van der Waals surface area (Å²) in [5.74, 6) is 1.34. The van der Waals surface area contributed by atoms with E-state index in [1.165, 1.54) is 12.8 Å². The molecule has 1 fully saturated rings. The van der Waals surface area contributed by atoms with Crippen LogP contribution in [0.1, 0.15) is 37.3 Å². The van der Waals surface area contributed by atoms with Crippen LogP contribution >= 0.6 is 0 Å². The zero-order valence-corrected chi connectivity index (χ0v) is 9.97. The maximum atomic E-state index is 11.7. The fourth-order valence-electron chi connectivity index (χ4n) is 2.43. The molecule has 18 heavy (non-hydrogen) atoms. The number of nitrogens with one attached hydrogen (secondary N) is 1. The summed E-state index contributed by atoms with van der Waals surface area (Å²) in [7, 11) is 0. The Hall–Kier alpha value is -2.04. The lowest BCUT2D eigenvalue weighted by Gasteiger charge is -2.08. The first-order valence-electron chi connectivity index (χ1n) is 6.21. The van der Waals surface area contributed by atoms with Crippen LogP contribution in [-0.2, 0) is 0 Å². The number of aromatic nitrogens is 4. The third-order valence-electron chi connectivity index (χ3n) is 3.31. The van der Waals surface area contributed by atoms with Crippen LogP contribution in [-0.4, -0.2) is 19.9 Å². The highest BCUT2D eigenvalue weighted by Crippen LogP contribution is 2.32. The van der Waals surface area contributed by atoms with E-state index >= 15 is 0 Å². The Bertz CT molecular complexity index is 587. The van der Waals surface area contributed by atoms with Crippen molar-refractivity contribution in [2.75, 3.05) is 0 Å². The minimum atomic E-state index is -0.130. The number of nitrogens with zero attached hydrogens (tertiary/aromatic N) is 3. The quantitative estimate of drug-likeness (QED) is 0.872. The van der Waals surface area contributed by atoms with Crippen LogP contribution in [0.5, 0.6) is 0 Å². The topological polar surface area (TPSA) is 71.5 Å². The van der Waals surface area contributed by atoms with E-state index in [-0.39, 0.29) is 5.56 Å². The molecular weight excluding hydrogens is 228 g/mol. The Morgan fingerprint density at radius 2 is 1.89 bits per heavy atom. The van der Waals surface area contributed by atoms with Crippen LogP contribution in [0, 0.1) is 0 Å². The molecule has 5 nitrogen and oxygen atoms in total. The van der Waals surface area contributed by atoms with Gasteiger partial charge in [0.15, 0.2) is 11.6 Å². The Labute approximate surface area is 104 Å². The standard InChI is InChI=1S/C13H14N4O/c18-11-8-10(9-4-1-2-5-9)16-13(17-11)12-14-6-3-7-15-12/h3,6-9H,1-2,4-5H2,(H,16,17,18). The van der Waals surface area contributed by atoms with Crippen LogP contribution in [0.15, 0.2) is 29.3 Å². The van der Waals surface area contributed by atoms with E-state index in [0.717, 1.165) is 18.5 Å². The molecule has 0 radical (unpaired) electrons. The van der Waals surface area contributed by atoms with Crippen molar-refractivity contribution in [3.05, 3.63) is 40.6 Å². The lowest BCUT2D eigenvalue weighted by atomic mass is 10.0. The fourth-order valence-corrected chi connectivity index (χ4v) is 2.43. The Morgan fingerprint density at radius 3 is 2.61 bits per heavy atom. The summed E-state index contributed by atoms with van der Waals surface area (Å²) in [4.78, 5) is 27.1. The van der Waals surface area contributed by atoms with Crippen molar-refractivity contribution >= 4 is 0 Å². The first-order chi connectivity index (χ1) is 8.83. The molecule has 2 aromatic rings. The van der Waals surface area contributed by atoms with E-state index in [1.807, 2.05) is 0 Å². The predicted molar refractivity (Wildman–Crippen MR) is 67.1 cm³/mol. The molecule has 0 spiro atoms. The molecule has 92 valence electrons. The minimum absolute atomic E-state index is 0.130. The van der Waals surface area contributed by atoms with Crippen molar-refractivity contribution in [3.63, 3.8) is 0 Å². The van der Waals surface area contributed by atoms with Crippen LogP contribution in [0.25, 0.3) is 11.6 Å². The van der Waals surface area contributed by atoms with Gasteiger partial charge < -0.3 is 4.98 Å². The van der Waals surface area contributed by atoms with Gasteiger partial charge in [-0.1, -0.05) is 12.8 Å². The molecule has 1 saturated carbocycles. The molecule has 1 aliphatic carbocycles. The molecule has 1 N–H and O–H groups in total. The largest absolute Gasteiger partial charge is 0.304 e. The van der Waals surface area contributed by atoms with Crippen molar-refractivity contribution in [2.45, 2.75) is 31.6 Å². The van der Waals surface area contributed by atoms with Gasteiger partial charge in [0.25, 0.3) is 5.56 Å². The molecule has 5 heteroatoms. The van der Waals surface area contributed by atoms with E-state index in [2.05, 4.69) is 19.9 Å². The van der Waals surface area contributed by atoms with Crippen LogP contribution in [0.3, 0.4) is 0 Å². The average molecular weight is 242 g/mol. The van der Waals surface area contributed by atoms with Crippen molar-refractivity contribution in [1.82, 2.24) is 19.9 Å². The minimum Gasteiger partial charge on any atom is -0.304 e. The molecule has 0 atom stereocenters. The number of hydrogen-bond donors (Lipinski definition) is 1. The molecule has 0 saturated heterocycles. The van der Waals surface area contributed by atoms with Gasteiger partial charge in [-0.2, -0.15) is 0 Å². The predicted octanol–water partition coefficient (Wildman–Crippen LogP) is 1.88. The van der Waals surface area contributed by atoms with Gasteiger partial charge in [-0.3, -0.25) is 4.79 Å². The lowest BCUT2D eigenvalue weighted by Crippen LogP contribution is -2.13. The third-order valence-corrected chi connectivity index (χ3v) is 3.31. The highest BCUT2D eigenvalue weighted by molar-refractivity contribution is 5.42. The van der Waals surface area contributed by atoms with Gasteiger partial charge in [0.05, 0.1) is 5.69 Å². The summed E-state index contributed by atoms with van der Waals surface area (Å²) in [5, 5.41) is 0. The highest BCUT2D eigenvalue weighted by atomic mass is 16.1. The molecule has 0 unspecified atom stereocenters. The maximum Gasteiger partial charge on any atom is 0.251 e. The van der Waals surface area contributed by atoms with Crippen molar-refractivity contribution < 1.29 is 0 Å². The number of rotatable bonds is 2. The number of H-pyrrole nitrogens is 1. The van der Waals surface area contributed by atoms with Gasteiger partial charge >= 0.3 is 0 Å². The van der Waals surface area contributed by atoms with Gasteiger partial charge in [-0.05, 0) is 18.9 Å². The molecule has 0 bridgehead atoms. The van der Waals surface area contributed by atoms with Crippen molar-refractivity contribution in [3.8, 4) is 11.6 Å². The highest BCUT2D eigenvalue weighted by Gasteiger charge is 2.20. The molecule has 2 heterocycles. The molecule has 3 rings (SSSR count). The second-order valence-electron chi connectivity index (χ2n) is 4.57. The summed E-state index contributed by atoms with van der Waals surface area (Å²) in [5.41, 5.74) is 0.744. The molecule has 0 aromatic carbocycles. The molecule has 2 aromatic heterocycles. The second kappa shape index (κ2) is 4.68. The second-order valence-corrected chi connectivity index (χ2v) is 4.57. The first kappa shape index (κ1) is 11.1. The Kier molecular flexibility index (Phi) is 2.88. The van der Waals surface area contributed by atoms with Crippen LogP contribution in [0.2, 0.25) is 0 Å². The van der Waals surface area contributed by atoms with E-state index < -0.39 is 0 Å². The summed E-state index contributed by atoms with van der Waals surface area (Å²) >= 11 is 0. The van der Waals surface area contributed by atoms with Gasteiger partial charge in [0.1, 0.15) is 0 Å². The lowest BCUT2D eigenvalue weighted by molar-refractivity contribution is 0.692. The van der Waals surface area contributed by atoms with Gasteiger partial charge in [-0.15, -0.1) is 0 Å². The summed E-state index contributed by atoms with van der Waals surface area (Å²) < 4.78 is 0. The van der Waals surface area contributed by atoms with Gasteiger partial charge in [0, 0.05) is 24.4 Å². The fraction of sp³-hybridized carbons (Fsp3) is 0.385. The smallest absolute Gasteiger partial charge is 0.251 e. The van der Waals surface area contributed by atoms with Crippen LogP contribution in [0.4, 0.5) is 0 Å². The monoisotopic (exact) mass is 242 g/mol. The summed E-state index contributed by atoms with van der Waals surface area (Å²) in [6.07, 6.45) is 7.96. The molecule has 0 aliphatic heterocycles. The SMILES string of the molecule is O=c1cc(C2CCCC2)nc(-c2ncccn2)[nH]1. The molecular formula is C13H14N4O. The zero-order valence-electron chi connectivity index (χ0n) is 9.97. The Morgan fingerprint density at radius 1 is 1.17 bits per heavy atom. The number of hydrogen-bond acceptors (Lipinski definition) is 4. The van der Waals surface area contributed by atoms with Gasteiger partial charge in [-0.25, -0.2) is 15.0 Å². The summed E-state index contributed by atoms with van der Waals surface area (Å²) in [6.45, 7) is 0. The van der Waals surface area contributed by atoms with Crippen molar-refractivity contribution in [2.24, 2.45) is 0 Å². The van der Waals surface area contributed by atoms with Crippen LogP contribution < -0.4 is 5.56 Å². The van der Waals surface area contributed by atoms with E-state index in [9.17, 15) is 4.79 Å². The zero-order chi connectivity index (χ0) is 12.4. The third kappa shape index (κ3) is 2.16. The first-order valence-corrected chi connectivity index (χ1v) is 6.21. The maximum absolute atomic E-state index is 11.7. The molecule has 0 amide bonds. The van der Waals surface area contributed by atoms with E-state index in [0.29, 0.717) is 17.6 Å².